The summed E-state index contributed by atoms with van der Waals surface area (Å²) in [5, 5.41) is 5.70. The van der Waals surface area contributed by atoms with Crippen molar-refractivity contribution < 1.29 is 14.3 Å². The van der Waals surface area contributed by atoms with E-state index < -0.39 is 0 Å². The van der Waals surface area contributed by atoms with Crippen LogP contribution in [0.3, 0.4) is 0 Å². The Morgan fingerprint density at radius 1 is 1.04 bits per heavy atom. The van der Waals surface area contributed by atoms with Crippen LogP contribution in [-0.2, 0) is 14.3 Å². The molecule has 1 fully saturated rings. The highest BCUT2D eigenvalue weighted by molar-refractivity contribution is 5.95. The molecule has 0 aromatic heterocycles. The first kappa shape index (κ1) is 21.4. The smallest absolute Gasteiger partial charge is 0.253 e. The van der Waals surface area contributed by atoms with Gasteiger partial charge in [-0.15, -0.1) is 12.4 Å². The van der Waals surface area contributed by atoms with Crippen molar-refractivity contribution in [1.29, 1.82) is 0 Å². The van der Waals surface area contributed by atoms with Gasteiger partial charge in [0.1, 0.15) is 6.10 Å². The Labute approximate surface area is 155 Å². The molecule has 25 heavy (non-hydrogen) atoms. The Morgan fingerprint density at radius 2 is 1.68 bits per heavy atom. The molecule has 6 nitrogen and oxygen atoms in total. The van der Waals surface area contributed by atoms with Gasteiger partial charge in [0.05, 0.1) is 0 Å². The van der Waals surface area contributed by atoms with Crippen molar-refractivity contribution in [1.82, 2.24) is 0 Å². The number of rotatable bonds is 9. The number of amides is 2. The number of carbonyl (C=O) groups is 2. The lowest BCUT2D eigenvalue weighted by molar-refractivity contribution is -0.124. The van der Waals surface area contributed by atoms with Gasteiger partial charge in [-0.05, 0) is 56.5 Å². The topological polar surface area (TPSA) is 93.5 Å². The molecule has 0 spiro atoms. The minimum atomic E-state index is -0.344. The molecule has 7 heteroatoms. The van der Waals surface area contributed by atoms with Gasteiger partial charge in [-0.3, -0.25) is 9.59 Å². The predicted octanol–water partition coefficient (Wildman–Crippen LogP) is 3.07. The number of nitrogens with one attached hydrogen (secondary N) is 2. The number of carbonyl (C=O) groups excluding carboxylic acids is 2. The fourth-order valence-corrected chi connectivity index (χ4v) is 2.65. The van der Waals surface area contributed by atoms with Gasteiger partial charge in [-0.1, -0.05) is 12.8 Å². The maximum Gasteiger partial charge on any atom is 0.253 e. The van der Waals surface area contributed by atoms with Gasteiger partial charge in [0.15, 0.2) is 0 Å². The highest BCUT2D eigenvalue weighted by Crippen LogP contribution is 2.17. The van der Waals surface area contributed by atoms with Crippen molar-refractivity contribution in [2.45, 2.75) is 51.0 Å². The van der Waals surface area contributed by atoms with E-state index in [-0.39, 0.29) is 30.3 Å². The molecule has 1 unspecified atom stereocenters. The summed E-state index contributed by atoms with van der Waals surface area (Å²) >= 11 is 0. The van der Waals surface area contributed by atoms with Crippen molar-refractivity contribution in [2.75, 3.05) is 23.8 Å². The Morgan fingerprint density at radius 3 is 2.28 bits per heavy atom. The lowest BCUT2D eigenvalue weighted by Crippen LogP contribution is -2.26. The van der Waals surface area contributed by atoms with Crippen LogP contribution in [0, 0.1) is 0 Å². The molecule has 1 aromatic rings. The third-order valence-electron chi connectivity index (χ3n) is 4.02. The van der Waals surface area contributed by atoms with Crippen molar-refractivity contribution in [3.8, 4) is 0 Å². The molecular weight excluding hydrogens is 342 g/mol. The van der Waals surface area contributed by atoms with Crippen LogP contribution < -0.4 is 16.4 Å². The molecule has 2 rings (SSSR count). The third kappa shape index (κ3) is 7.86. The Kier molecular flexibility index (Phi) is 10.1. The van der Waals surface area contributed by atoms with Gasteiger partial charge in [0.25, 0.3) is 5.91 Å². The highest BCUT2D eigenvalue weighted by Gasteiger charge is 2.23. The molecule has 0 radical (unpaired) electrons. The molecule has 1 heterocycles. The zero-order valence-electron chi connectivity index (χ0n) is 14.5. The first-order valence-electron chi connectivity index (χ1n) is 8.71. The van der Waals surface area contributed by atoms with Gasteiger partial charge in [-0.25, -0.2) is 0 Å². The zero-order valence-corrected chi connectivity index (χ0v) is 15.3. The van der Waals surface area contributed by atoms with E-state index in [0.29, 0.717) is 25.3 Å². The number of ether oxygens (including phenoxy) is 1. The fourth-order valence-electron chi connectivity index (χ4n) is 2.65. The highest BCUT2D eigenvalue weighted by atomic mass is 35.5. The number of anilines is 2. The van der Waals surface area contributed by atoms with E-state index >= 15 is 0 Å². The van der Waals surface area contributed by atoms with Crippen LogP contribution in [0.5, 0.6) is 0 Å². The first-order valence-corrected chi connectivity index (χ1v) is 8.71. The molecule has 1 aromatic carbocycles. The normalized spacial score (nSPS) is 16.1. The summed E-state index contributed by atoms with van der Waals surface area (Å²) in [7, 11) is 0. The van der Waals surface area contributed by atoms with Crippen LogP contribution in [0.1, 0.15) is 44.9 Å². The van der Waals surface area contributed by atoms with Crippen LogP contribution in [-0.4, -0.2) is 31.1 Å². The molecule has 140 valence electrons. The molecule has 0 aliphatic carbocycles. The van der Waals surface area contributed by atoms with E-state index in [4.69, 9.17) is 10.5 Å². The number of halogens is 1. The Bertz CT molecular complexity index is 531. The zero-order chi connectivity index (χ0) is 17.2. The summed E-state index contributed by atoms with van der Waals surface area (Å²) in [6, 6.07) is 7.14. The van der Waals surface area contributed by atoms with Gasteiger partial charge in [0.2, 0.25) is 5.91 Å². The largest absolute Gasteiger partial charge is 0.368 e. The lowest BCUT2D eigenvalue weighted by Gasteiger charge is -2.11. The van der Waals surface area contributed by atoms with E-state index in [1.54, 1.807) is 24.3 Å². The summed E-state index contributed by atoms with van der Waals surface area (Å²) < 4.78 is 5.35. The molecule has 1 atom stereocenters. The minimum Gasteiger partial charge on any atom is -0.368 e. The molecule has 0 bridgehead atoms. The van der Waals surface area contributed by atoms with E-state index in [9.17, 15) is 9.59 Å². The van der Waals surface area contributed by atoms with Gasteiger partial charge < -0.3 is 21.1 Å². The molecule has 1 aliphatic rings. The molecule has 1 aliphatic heterocycles. The third-order valence-corrected chi connectivity index (χ3v) is 4.02. The molecule has 4 N–H and O–H groups in total. The summed E-state index contributed by atoms with van der Waals surface area (Å²) in [5.41, 5.74) is 6.88. The van der Waals surface area contributed by atoms with Crippen molar-refractivity contribution in [3.63, 3.8) is 0 Å². The summed E-state index contributed by atoms with van der Waals surface area (Å²) in [6.07, 6.45) is 5.86. The second kappa shape index (κ2) is 11.8. The van der Waals surface area contributed by atoms with Crippen molar-refractivity contribution >= 4 is 35.6 Å². The van der Waals surface area contributed by atoms with Gasteiger partial charge >= 0.3 is 0 Å². The lowest BCUT2D eigenvalue weighted by atomic mass is 10.1. The Balaban J connectivity index is 0.00000312. The van der Waals surface area contributed by atoms with Crippen LogP contribution in [0.4, 0.5) is 11.4 Å². The van der Waals surface area contributed by atoms with Crippen LogP contribution >= 0.6 is 12.4 Å². The fraction of sp³-hybridized carbons (Fsp3) is 0.556. The number of nitrogens with two attached hydrogens (primary N) is 1. The van der Waals surface area contributed by atoms with Gasteiger partial charge in [0, 0.05) is 24.4 Å². The molecule has 1 saturated heterocycles. The van der Waals surface area contributed by atoms with E-state index in [1.165, 1.54) is 0 Å². The molecular formula is C18H28ClN3O3. The van der Waals surface area contributed by atoms with E-state index in [2.05, 4.69) is 10.6 Å². The van der Waals surface area contributed by atoms with Crippen LogP contribution in [0.2, 0.25) is 0 Å². The first-order chi connectivity index (χ1) is 11.7. The summed E-state index contributed by atoms with van der Waals surface area (Å²) in [6.45, 7) is 1.36. The SMILES string of the molecule is Cl.NCCCCCCC(=O)Nc1ccc(NC(=O)C2CCCO2)cc1. The van der Waals surface area contributed by atoms with Crippen LogP contribution in [0.25, 0.3) is 0 Å². The van der Waals surface area contributed by atoms with Crippen LogP contribution in [0.15, 0.2) is 24.3 Å². The Hall–Kier alpha value is -1.63. The summed E-state index contributed by atoms with van der Waals surface area (Å²) in [5.74, 6) is -0.0966. The average Bonchev–Trinajstić information content (AvgIpc) is 3.11. The number of benzene rings is 1. The molecule has 2 amide bonds. The number of unbranched alkanes of at least 4 members (excludes halogenated alkanes) is 3. The maximum absolute atomic E-state index is 12.0. The number of hydrogen-bond acceptors (Lipinski definition) is 4. The predicted molar refractivity (Wildman–Crippen MR) is 102 cm³/mol. The quantitative estimate of drug-likeness (QED) is 0.583. The van der Waals surface area contributed by atoms with Crippen molar-refractivity contribution in [2.24, 2.45) is 5.73 Å². The monoisotopic (exact) mass is 369 g/mol. The standard InChI is InChI=1S/C18H27N3O3.ClH/c19-12-4-2-1-3-7-17(22)20-14-8-10-15(11-9-14)21-18(23)16-6-5-13-24-16;/h8-11,16H,1-7,12-13,19H2,(H,20,22)(H,21,23);1H. The minimum absolute atomic E-state index is 0. The van der Waals surface area contributed by atoms with E-state index in [0.717, 1.165) is 44.2 Å². The maximum atomic E-state index is 12.0. The summed E-state index contributed by atoms with van der Waals surface area (Å²) in [4.78, 5) is 23.8. The molecule has 0 saturated carbocycles. The van der Waals surface area contributed by atoms with E-state index in [1.807, 2.05) is 0 Å². The number of hydrogen-bond donors (Lipinski definition) is 3. The van der Waals surface area contributed by atoms with Crippen molar-refractivity contribution in [3.05, 3.63) is 24.3 Å². The second-order valence-corrected chi connectivity index (χ2v) is 6.07. The average molecular weight is 370 g/mol. The second-order valence-electron chi connectivity index (χ2n) is 6.07. The van der Waals surface area contributed by atoms with Gasteiger partial charge in [-0.2, -0.15) is 0 Å².